The highest BCUT2D eigenvalue weighted by Gasteiger charge is 2.51. The SMILES string of the molecule is COC(=O)CCCCCCCCO[C@@H]1OC(CO)[C@H](OC2OC(CO)[C@@H](O)C(O)C2O)C(O)C1NC(=O)c1ccc2cccc(O)c2n1. The van der Waals surface area contributed by atoms with Gasteiger partial charge in [-0.25, -0.2) is 4.98 Å². The van der Waals surface area contributed by atoms with Crippen molar-refractivity contribution in [1.29, 1.82) is 0 Å². The summed E-state index contributed by atoms with van der Waals surface area (Å²) in [5.41, 5.74) is 0.102. The van der Waals surface area contributed by atoms with Crippen LogP contribution in [-0.2, 0) is 28.5 Å². The van der Waals surface area contributed by atoms with Crippen molar-refractivity contribution < 1.29 is 69.0 Å². The molecule has 2 fully saturated rings. The van der Waals surface area contributed by atoms with Gasteiger partial charge in [-0.1, -0.05) is 43.9 Å². The highest BCUT2D eigenvalue weighted by atomic mass is 16.7. The van der Waals surface area contributed by atoms with E-state index in [1.54, 1.807) is 18.2 Å². The standard InChI is InChI=1S/C32H46N2O14/c1-44-22(38)11-6-4-2-3-5-7-14-45-31-24(34-30(43)18-13-12-17-9-8-10-19(37)23(17)33-18)26(40)29(21(16-36)47-31)48-32-28(42)27(41)25(39)20(15-35)46-32/h8-10,12-13,20-21,24-29,31-32,35-37,39-42H,2-7,11,14-16H2,1H3,(H,34,43)/t20?,21?,24?,25-,26?,27?,28?,29+,31-,32?/m1/s1. The number of ether oxygens (including phenoxy) is 5. The van der Waals surface area contributed by atoms with Crippen LogP contribution >= 0.6 is 0 Å². The molecule has 2 saturated heterocycles. The highest BCUT2D eigenvalue weighted by molar-refractivity contribution is 5.96. The molecule has 3 heterocycles. The number of methoxy groups -OCH3 is 1. The number of rotatable bonds is 16. The van der Waals surface area contributed by atoms with Crippen molar-refractivity contribution in [3.8, 4) is 5.75 Å². The number of phenols is 1. The number of pyridine rings is 1. The monoisotopic (exact) mass is 682 g/mol. The zero-order valence-corrected chi connectivity index (χ0v) is 26.7. The molecule has 7 unspecified atom stereocenters. The number of carbonyl (C=O) groups is 2. The summed E-state index contributed by atoms with van der Waals surface area (Å²) >= 11 is 0. The average molecular weight is 683 g/mol. The molecule has 0 aliphatic carbocycles. The summed E-state index contributed by atoms with van der Waals surface area (Å²) in [7, 11) is 1.36. The number of aliphatic hydroxyl groups excluding tert-OH is 6. The molecule has 1 amide bonds. The van der Waals surface area contributed by atoms with Crippen LogP contribution in [-0.4, -0.2) is 141 Å². The highest BCUT2D eigenvalue weighted by Crippen LogP contribution is 2.30. The quantitative estimate of drug-likeness (QED) is 0.0800. The van der Waals surface area contributed by atoms with Gasteiger partial charge >= 0.3 is 5.97 Å². The molecule has 48 heavy (non-hydrogen) atoms. The summed E-state index contributed by atoms with van der Waals surface area (Å²) < 4.78 is 27.8. The Hall–Kier alpha value is -3.03. The van der Waals surface area contributed by atoms with Crippen molar-refractivity contribution in [1.82, 2.24) is 10.3 Å². The van der Waals surface area contributed by atoms with E-state index in [9.17, 15) is 45.3 Å². The van der Waals surface area contributed by atoms with Crippen LogP contribution in [0.5, 0.6) is 5.75 Å². The number of nitrogens with zero attached hydrogens (tertiary/aromatic N) is 1. The molecule has 16 heteroatoms. The summed E-state index contributed by atoms with van der Waals surface area (Å²) in [6, 6.07) is 6.50. The smallest absolute Gasteiger partial charge is 0.305 e. The molecule has 8 N–H and O–H groups in total. The molecule has 16 nitrogen and oxygen atoms in total. The van der Waals surface area contributed by atoms with Gasteiger partial charge in [0, 0.05) is 18.4 Å². The van der Waals surface area contributed by atoms with Crippen LogP contribution in [0, 0.1) is 0 Å². The summed E-state index contributed by atoms with van der Waals surface area (Å²) in [5, 5.41) is 75.6. The van der Waals surface area contributed by atoms with E-state index in [-0.39, 0.29) is 29.5 Å². The fourth-order valence-corrected chi connectivity index (χ4v) is 5.73. The van der Waals surface area contributed by atoms with Crippen LogP contribution in [0.25, 0.3) is 10.9 Å². The van der Waals surface area contributed by atoms with E-state index in [0.29, 0.717) is 18.2 Å². The number of nitrogens with one attached hydrogen (secondary N) is 1. The lowest BCUT2D eigenvalue weighted by molar-refractivity contribution is -0.348. The second-order valence-corrected chi connectivity index (χ2v) is 11.9. The fraction of sp³-hybridized carbons (Fsp3) is 0.656. The van der Waals surface area contributed by atoms with Gasteiger partial charge in [0.1, 0.15) is 65.7 Å². The molecule has 2 aliphatic heterocycles. The number of aromatic hydroxyl groups is 1. The maximum Gasteiger partial charge on any atom is 0.305 e. The minimum atomic E-state index is -1.80. The number of carbonyl (C=O) groups excluding carboxylic acids is 2. The fourth-order valence-electron chi connectivity index (χ4n) is 5.73. The van der Waals surface area contributed by atoms with Gasteiger partial charge < -0.3 is 64.7 Å². The first-order chi connectivity index (χ1) is 23.1. The van der Waals surface area contributed by atoms with Crippen molar-refractivity contribution in [3.63, 3.8) is 0 Å². The minimum absolute atomic E-state index is 0.0853. The lowest BCUT2D eigenvalue weighted by atomic mass is 9.95. The predicted octanol–water partition coefficient (Wildman–Crippen LogP) is -0.778. The van der Waals surface area contributed by atoms with Gasteiger partial charge in [-0.05, 0) is 25.0 Å². The van der Waals surface area contributed by atoms with Gasteiger partial charge in [-0.3, -0.25) is 9.59 Å². The Bertz CT molecular complexity index is 1330. The molecule has 10 atom stereocenters. The van der Waals surface area contributed by atoms with Crippen molar-refractivity contribution in [2.45, 2.75) is 106 Å². The van der Waals surface area contributed by atoms with Crippen LogP contribution < -0.4 is 5.32 Å². The van der Waals surface area contributed by atoms with Crippen LogP contribution in [0.4, 0.5) is 0 Å². The van der Waals surface area contributed by atoms with E-state index in [1.165, 1.54) is 19.2 Å². The number of para-hydroxylation sites is 1. The molecule has 0 bridgehead atoms. The van der Waals surface area contributed by atoms with Crippen LogP contribution in [0.3, 0.4) is 0 Å². The Balaban J connectivity index is 1.46. The first kappa shape index (κ1) is 37.8. The Morgan fingerprint density at radius 3 is 2.23 bits per heavy atom. The molecule has 1 aromatic heterocycles. The van der Waals surface area contributed by atoms with Gasteiger partial charge in [0.05, 0.1) is 20.3 Å². The maximum absolute atomic E-state index is 13.4. The third-order valence-corrected chi connectivity index (χ3v) is 8.51. The number of fused-ring (bicyclic) bond motifs is 1. The van der Waals surface area contributed by atoms with Gasteiger partial charge in [0.15, 0.2) is 12.6 Å². The van der Waals surface area contributed by atoms with Gasteiger partial charge in [-0.2, -0.15) is 0 Å². The van der Waals surface area contributed by atoms with Gasteiger partial charge in [0.25, 0.3) is 5.91 Å². The number of phenolic OH excluding ortho intramolecular Hbond substituents is 1. The minimum Gasteiger partial charge on any atom is -0.506 e. The molecule has 0 radical (unpaired) electrons. The van der Waals surface area contributed by atoms with E-state index in [1.807, 2.05) is 0 Å². The van der Waals surface area contributed by atoms with E-state index in [0.717, 1.165) is 32.1 Å². The van der Waals surface area contributed by atoms with E-state index < -0.39 is 80.5 Å². The largest absolute Gasteiger partial charge is 0.506 e. The molecule has 1 aromatic carbocycles. The lowest BCUT2D eigenvalue weighted by Crippen LogP contribution is -2.67. The van der Waals surface area contributed by atoms with Crippen LogP contribution in [0.2, 0.25) is 0 Å². The molecule has 4 rings (SSSR count). The third-order valence-electron chi connectivity index (χ3n) is 8.51. The Labute approximate surface area is 277 Å². The third kappa shape index (κ3) is 9.35. The van der Waals surface area contributed by atoms with Crippen molar-refractivity contribution in [3.05, 3.63) is 36.0 Å². The zero-order chi connectivity index (χ0) is 34.8. The number of esters is 1. The van der Waals surface area contributed by atoms with E-state index in [2.05, 4.69) is 15.0 Å². The molecule has 2 aliphatic rings. The first-order valence-electron chi connectivity index (χ1n) is 16.1. The van der Waals surface area contributed by atoms with Crippen molar-refractivity contribution in [2.75, 3.05) is 26.9 Å². The summed E-state index contributed by atoms with van der Waals surface area (Å²) in [5.74, 6) is -1.12. The molecule has 0 spiro atoms. The number of amides is 1. The second kappa shape index (κ2) is 18.1. The predicted molar refractivity (Wildman–Crippen MR) is 165 cm³/mol. The number of benzene rings is 1. The molecular formula is C32H46N2O14. The number of aliphatic hydroxyl groups is 6. The molecule has 2 aromatic rings. The normalized spacial score (nSPS) is 30.6. The Morgan fingerprint density at radius 1 is 0.833 bits per heavy atom. The first-order valence-corrected chi connectivity index (χ1v) is 16.1. The topological polar surface area (TPSA) is 247 Å². The maximum atomic E-state index is 13.4. The zero-order valence-electron chi connectivity index (χ0n) is 26.7. The van der Waals surface area contributed by atoms with Gasteiger partial charge in [0.2, 0.25) is 0 Å². The van der Waals surface area contributed by atoms with E-state index >= 15 is 0 Å². The molecule has 0 saturated carbocycles. The van der Waals surface area contributed by atoms with Gasteiger partial charge in [-0.15, -0.1) is 0 Å². The average Bonchev–Trinajstić information content (AvgIpc) is 3.09. The van der Waals surface area contributed by atoms with Crippen LogP contribution in [0.15, 0.2) is 30.3 Å². The van der Waals surface area contributed by atoms with Crippen molar-refractivity contribution in [2.24, 2.45) is 0 Å². The molecule has 268 valence electrons. The van der Waals surface area contributed by atoms with E-state index in [4.69, 9.17) is 18.9 Å². The Kier molecular flexibility index (Phi) is 14.2. The molecular weight excluding hydrogens is 636 g/mol. The van der Waals surface area contributed by atoms with Crippen LogP contribution in [0.1, 0.15) is 55.4 Å². The summed E-state index contributed by atoms with van der Waals surface area (Å²) in [6.07, 6.45) is -8.62. The second-order valence-electron chi connectivity index (χ2n) is 11.9. The Morgan fingerprint density at radius 2 is 1.52 bits per heavy atom. The number of aromatic nitrogens is 1. The number of hydrogen-bond acceptors (Lipinski definition) is 15. The summed E-state index contributed by atoms with van der Waals surface area (Å²) in [6.45, 7) is -1.23. The lowest BCUT2D eigenvalue weighted by Gasteiger charge is -2.47. The number of hydrogen-bond donors (Lipinski definition) is 8. The number of unbranched alkanes of at least 4 members (excludes halogenated alkanes) is 5. The van der Waals surface area contributed by atoms with Crippen molar-refractivity contribution >= 4 is 22.8 Å². The summed E-state index contributed by atoms with van der Waals surface area (Å²) in [4.78, 5) is 28.9.